The van der Waals surface area contributed by atoms with E-state index in [4.69, 9.17) is 5.11 Å². The Morgan fingerprint density at radius 2 is 2.00 bits per heavy atom. The molecule has 4 heteroatoms. The lowest BCUT2D eigenvalue weighted by Crippen LogP contribution is -1.95. The molecule has 2 aromatic rings. The number of benzene rings is 1. The van der Waals surface area contributed by atoms with E-state index in [-0.39, 0.29) is 11.5 Å². The number of carbonyl (C=O) groups is 1. The van der Waals surface area contributed by atoms with Crippen LogP contribution in [0.2, 0.25) is 0 Å². The van der Waals surface area contributed by atoms with Crippen molar-refractivity contribution in [3.8, 4) is 5.75 Å². The normalized spacial score (nSPS) is 10.9. The van der Waals surface area contributed by atoms with Crippen LogP contribution in [0.1, 0.15) is 16.1 Å². The average molecular weight is 228 g/mol. The van der Waals surface area contributed by atoms with E-state index in [0.29, 0.717) is 5.56 Å². The third kappa shape index (κ3) is 2.60. The van der Waals surface area contributed by atoms with Crippen LogP contribution in [-0.4, -0.2) is 20.7 Å². The smallest absolute Gasteiger partial charge is 0.185 e. The molecule has 1 heterocycles. The lowest BCUT2D eigenvalue weighted by atomic mass is 10.1. The predicted molar refractivity (Wildman–Crippen MR) is 64.7 cm³/mol. The SMILES string of the molecule is Cn1nccc1/C=C/C(=O)c1ccc(O)cc1. The Balaban J connectivity index is 2.14. The molecular formula is C13H12N2O2. The zero-order chi connectivity index (χ0) is 12.3. The maximum atomic E-state index is 11.8. The number of hydrogen-bond donors (Lipinski definition) is 1. The first kappa shape index (κ1) is 11.1. The van der Waals surface area contributed by atoms with Crippen molar-refractivity contribution in [3.63, 3.8) is 0 Å². The maximum absolute atomic E-state index is 11.8. The summed E-state index contributed by atoms with van der Waals surface area (Å²) in [5, 5.41) is 13.1. The number of aromatic hydroxyl groups is 1. The van der Waals surface area contributed by atoms with Gasteiger partial charge in [0.1, 0.15) is 5.75 Å². The van der Waals surface area contributed by atoms with Crippen LogP contribution < -0.4 is 0 Å². The summed E-state index contributed by atoms with van der Waals surface area (Å²) in [4.78, 5) is 11.8. The molecule has 1 aromatic heterocycles. The van der Waals surface area contributed by atoms with Gasteiger partial charge in [0.15, 0.2) is 5.78 Å². The Morgan fingerprint density at radius 3 is 2.59 bits per heavy atom. The largest absolute Gasteiger partial charge is 0.508 e. The minimum atomic E-state index is -0.105. The van der Waals surface area contributed by atoms with Crippen LogP contribution in [-0.2, 0) is 7.05 Å². The minimum absolute atomic E-state index is 0.105. The molecule has 0 unspecified atom stereocenters. The van der Waals surface area contributed by atoms with Gasteiger partial charge in [-0.15, -0.1) is 0 Å². The van der Waals surface area contributed by atoms with Crippen molar-refractivity contribution in [2.24, 2.45) is 7.05 Å². The molecule has 0 saturated carbocycles. The molecule has 0 fully saturated rings. The van der Waals surface area contributed by atoms with Gasteiger partial charge in [0, 0.05) is 18.8 Å². The van der Waals surface area contributed by atoms with E-state index < -0.39 is 0 Å². The Kier molecular flexibility index (Phi) is 3.05. The van der Waals surface area contributed by atoms with Crippen LogP contribution >= 0.6 is 0 Å². The molecule has 2 rings (SSSR count). The first-order valence-electron chi connectivity index (χ1n) is 5.16. The predicted octanol–water partition coefficient (Wildman–Crippen LogP) is 2.02. The Bertz CT molecular complexity index is 553. The van der Waals surface area contributed by atoms with Gasteiger partial charge in [0.2, 0.25) is 0 Å². The molecular weight excluding hydrogens is 216 g/mol. The number of phenolic OH excluding ortho intramolecular Hbond substituents is 1. The molecule has 4 nitrogen and oxygen atoms in total. The minimum Gasteiger partial charge on any atom is -0.508 e. The van der Waals surface area contributed by atoms with E-state index in [1.165, 1.54) is 18.2 Å². The third-order valence-corrected chi connectivity index (χ3v) is 2.42. The highest BCUT2D eigenvalue weighted by atomic mass is 16.3. The molecule has 0 aliphatic rings. The first-order valence-corrected chi connectivity index (χ1v) is 5.16. The maximum Gasteiger partial charge on any atom is 0.185 e. The topological polar surface area (TPSA) is 55.1 Å². The zero-order valence-corrected chi connectivity index (χ0v) is 9.37. The van der Waals surface area contributed by atoms with Crippen LogP contribution in [0.4, 0.5) is 0 Å². The van der Waals surface area contributed by atoms with Gasteiger partial charge in [-0.25, -0.2) is 0 Å². The second-order valence-electron chi connectivity index (χ2n) is 3.62. The van der Waals surface area contributed by atoms with Gasteiger partial charge in [-0.1, -0.05) is 0 Å². The lowest BCUT2D eigenvalue weighted by Gasteiger charge is -1.96. The van der Waals surface area contributed by atoms with Crippen molar-refractivity contribution < 1.29 is 9.90 Å². The number of phenols is 1. The molecule has 0 atom stereocenters. The summed E-state index contributed by atoms with van der Waals surface area (Å²) in [7, 11) is 1.81. The summed E-state index contributed by atoms with van der Waals surface area (Å²) >= 11 is 0. The Hall–Kier alpha value is -2.36. The quantitative estimate of drug-likeness (QED) is 0.646. The number of rotatable bonds is 3. The molecule has 0 spiro atoms. The highest BCUT2D eigenvalue weighted by molar-refractivity contribution is 6.06. The summed E-state index contributed by atoms with van der Waals surface area (Å²) in [6.45, 7) is 0. The fourth-order valence-corrected chi connectivity index (χ4v) is 1.43. The van der Waals surface area contributed by atoms with E-state index in [1.54, 1.807) is 29.1 Å². The van der Waals surface area contributed by atoms with E-state index in [1.807, 2.05) is 13.1 Å². The molecule has 0 saturated heterocycles. The van der Waals surface area contributed by atoms with Crippen molar-refractivity contribution in [1.29, 1.82) is 0 Å². The van der Waals surface area contributed by atoms with Gasteiger partial charge < -0.3 is 5.11 Å². The zero-order valence-electron chi connectivity index (χ0n) is 9.37. The van der Waals surface area contributed by atoms with E-state index in [9.17, 15) is 4.79 Å². The molecule has 0 aliphatic carbocycles. The fourth-order valence-electron chi connectivity index (χ4n) is 1.43. The van der Waals surface area contributed by atoms with Crippen LogP contribution in [0.25, 0.3) is 6.08 Å². The average Bonchev–Trinajstić information content (AvgIpc) is 2.73. The summed E-state index contributed by atoms with van der Waals surface area (Å²) < 4.78 is 1.68. The number of nitrogens with zero attached hydrogens (tertiary/aromatic N) is 2. The van der Waals surface area contributed by atoms with Crippen molar-refractivity contribution in [2.75, 3.05) is 0 Å². The highest BCUT2D eigenvalue weighted by Crippen LogP contribution is 2.11. The van der Waals surface area contributed by atoms with Gasteiger partial charge in [0.25, 0.3) is 0 Å². The molecule has 1 N–H and O–H groups in total. The number of aromatic nitrogens is 2. The molecule has 17 heavy (non-hydrogen) atoms. The summed E-state index contributed by atoms with van der Waals surface area (Å²) in [6, 6.07) is 7.98. The van der Waals surface area contributed by atoms with Crippen molar-refractivity contribution in [1.82, 2.24) is 9.78 Å². The van der Waals surface area contributed by atoms with Crippen LogP contribution in [0.3, 0.4) is 0 Å². The van der Waals surface area contributed by atoms with Gasteiger partial charge in [0.05, 0.1) is 5.69 Å². The summed E-state index contributed by atoms with van der Waals surface area (Å²) in [5.41, 5.74) is 1.40. The number of hydrogen-bond acceptors (Lipinski definition) is 3. The number of ketones is 1. The Labute approximate surface area is 98.8 Å². The third-order valence-electron chi connectivity index (χ3n) is 2.42. The van der Waals surface area contributed by atoms with Crippen molar-refractivity contribution in [2.45, 2.75) is 0 Å². The summed E-state index contributed by atoms with van der Waals surface area (Å²) in [6.07, 6.45) is 4.87. The van der Waals surface area contributed by atoms with Crippen LogP contribution in [0.15, 0.2) is 42.6 Å². The van der Waals surface area contributed by atoms with Gasteiger partial charge >= 0.3 is 0 Å². The molecule has 0 amide bonds. The van der Waals surface area contributed by atoms with Crippen molar-refractivity contribution in [3.05, 3.63) is 53.9 Å². The second kappa shape index (κ2) is 4.65. The fraction of sp³-hybridized carbons (Fsp3) is 0.0769. The first-order chi connectivity index (χ1) is 8.16. The number of aryl methyl sites for hydroxylation is 1. The highest BCUT2D eigenvalue weighted by Gasteiger charge is 2.01. The molecule has 86 valence electrons. The monoisotopic (exact) mass is 228 g/mol. The second-order valence-corrected chi connectivity index (χ2v) is 3.62. The van der Waals surface area contributed by atoms with Crippen LogP contribution in [0, 0.1) is 0 Å². The molecule has 0 aliphatic heterocycles. The molecule has 0 bridgehead atoms. The van der Waals surface area contributed by atoms with E-state index in [2.05, 4.69) is 5.10 Å². The standard InChI is InChI=1S/C13H12N2O2/c1-15-11(8-9-14-15)4-7-13(17)10-2-5-12(16)6-3-10/h2-9,16H,1H3/b7-4+. The van der Waals surface area contributed by atoms with Crippen LogP contribution in [0.5, 0.6) is 5.75 Å². The van der Waals surface area contributed by atoms with E-state index >= 15 is 0 Å². The Morgan fingerprint density at radius 1 is 1.29 bits per heavy atom. The molecule has 0 radical (unpaired) electrons. The number of carbonyl (C=O) groups excluding carboxylic acids is 1. The van der Waals surface area contributed by atoms with Gasteiger partial charge in [-0.3, -0.25) is 9.48 Å². The van der Waals surface area contributed by atoms with Crippen molar-refractivity contribution >= 4 is 11.9 Å². The van der Waals surface area contributed by atoms with Gasteiger partial charge in [-0.2, -0.15) is 5.10 Å². The van der Waals surface area contributed by atoms with Gasteiger partial charge in [-0.05, 0) is 42.5 Å². The lowest BCUT2D eigenvalue weighted by molar-refractivity contribution is 0.104. The molecule has 1 aromatic carbocycles. The van der Waals surface area contributed by atoms with E-state index in [0.717, 1.165) is 5.69 Å². The summed E-state index contributed by atoms with van der Waals surface area (Å²) in [5.74, 6) is 0.0448. The number of allylic oxidation sites excluding steroid dienone is 1.